The molecule has 0 saturated heterocycles. The Morgan fingerprint density at radius 3 is 2.71 bits per heavy atom. The van der Waals surface area contributed by atoms with Crippen molar-refractivity contribution in [3.63, 3.8) is 0 Å². The average molecular weight is 259 g/mol. The van der Waals surface area contributed by atoms with Crippen molar-refractivity contribution in [3.05, 3.63) is 34.4 Å². The van der Waals surface area contributed by atoms with Gasteiger partial charge < -0.3 is 5.73 Å². The monoisotopic (exact) mass is 258 g/mol. The van der Waals surface area contributed by atoms with Crippen molar-refractivity contribution in [2.24, 2.45) is 0 Å². The lowest BCUT2D eigenvalue weighted by molar-refractivity contribution is 0.580. The molecule has 1 heterocycles. The first-order valence-electron chi connectivity index (χ1n) is 3.78. The summed E-state index contributed by atoms with van der Waals surface area (Å²) in [6.45, 7) is 0. The lowest BCUT2D eigenvalue weighted by Crippen LogP contribution is -1.92. The highest BCUT2D eigenvalue weighted by molar-refractivity contribution is 9.10. The third kappa shape index (κ3) is 1.33. The van der Waals surface area contributed by atoms with Gasteiger partial charge in [-0.05, 0) is 22.0 Å². The second kappa shape index (κ2) is 3.16. The van der Waals surface area contributed by atoms with Gasteiger partial charge in [0.15, 0.2) is 0 Å². The summed E-state index contributed by atoms with van der Waals surface area (Å²) < 4.78 is 26.3. The molecule has 14 heavy (non-hydrogen) atoms. The van der Waals surface area contributed by atoms with Crippen LogP contribution in [0.25, 0.3) is 10.9 Å². The number of hydrogen-bond donors (Lipinski definition) is 1. The Labute approximate surface area is 86.9 Å². The van der Waals surface area contributed by atoms with Crippen LogP contribution >= 0.6 is 15.9 Å². The maximum atomic E-state index is 13.5. The van der Waals surface area contributed by atoms with E-state index in [-0.39, 0.29) is 15.4 Å². The number of fused-ring (bicyclic) bond motifs is 1. The number of nitrogens with zero attached hydrogens (tertiary/aromatic N) is 1. The lowest BCUT2D eigenvalue weighted by Gasteiger charge is -2.03. The van der Waals surface area contributed by atoms with E-state index in [9.17, 15) is 8.78 Å². The Kier molecular flexibility index (Phi) is 2.11. The summed E-state index contributed by atoms with van der Waals surface area (Å²) in [6.07, 6.45) is 1.36. The normalized spacial score (nSPS) is 10.8. The van der Waals surface area contributed by atoms with Crippen LogP contribution in [0.1, 0.15) is 0 Å². The van der Waals surface area contributed by atoms with Crippen molar-refractivity contribution in [3.8, 4) is 0 Å². The van der Waals surface area contributed by atoms with Crippen molar-refractivity contribution >= 4 is 32.5 Å². The summed E-state index contributed by atoms with van der Waals surface area (Å²) in [4.78, 5) is 3.82. The molecule has 2 aromatic rings. The Hall–Kier alpha value is -1.23. The van der Waals surface area contributed by atoms with Crippen LogP contribution in [0.2, 0.25) is 0 Å². The molecule has 72 valence electrons. The van der Waals surface area contributed by atoms with Crippen molar-refractivity contribution in [2.75, 3.05) is 5.73 Å². The van der Waals surface area contributed by atoms with Crippen LogP contribution in [0.15, 0.2) is 22.8 Å². The quantitative estimate of drug-likeness (QED) is 0.739. The molecule has 0 unspecified atom stereocenters. The molecule has 1 aromatic carbocycles. The molecule has 0 aliphatic carbocycles. The SMILES string of the molecule is Nc1cnc2cc(F)c(Br)c(F)c2c1. The maximum absolute atomic E-state index is 13.5. The van der Waals surface area contributed by atoms with Gasteiger partial charge in [-0.25, -0.2) is 8.78 Å². The van der Waals surface area contributed by atoms with E-state index in [1.165, 1.54) is 12.3 Å². The average Bonchev–Trinajstić information content (AvgIpc) is 2.16. The summed E-state index contributed by atoms with van der Waals surface area (Å²) in [5.74, 6) is -1.35. The molecule has 2 N–H and O–H groups in total. The van der Waals surface area contributed by atoms with Gasteiger partial charge in [0.1, 0.15) is 11.6 Å². The molecule has 0 aliphatic heterocycles. The van der Waals surface area contributed by atoms with Crippen LogP contribution in [-0.2, 0) is 0 Å². The van der Waals surface area contributed by atoms with Gasteiger partial charge in [0.25, 0.3) is 0 Å². The first-order chi connectivity index (χ1) is 6.59. The van der Waals surface area contributed by atoms with Crippen LogP contribution in [0.5, 0.6) is 0 Å². The third-order valence-corrected chi connectivity index (χ3v) is 2.57. The molecular formula is C9H5BrF2N2. The van der Waals surface area contributed by atoms with Gasteiger partial charge in [-0.1, -0.05) is 0 Å². The number of anilines is 1. The molecule has 0 spiro atoms. The fourth-order valence-electron chi connectivity index (χ4n) is 1.19. The first-order valence-corrected chi connectivity index (χ1v) is 4.57. The number of benzene rings is 1. The van der Waals surface area contributed by atoms with Crippen molar-refractivity contribution in [2.45, 2.75) is 0 Å². The van der Waals surface area contributed by atoms with Gasteiger partial charge >= 0.3 is 0 Å². The maximum Gasteiger partial charge on any atom is 0.149 e. The molecule has 0 saturated carbocycles. The molecule has 2 nitrogen and oxygen atoms in total. The van der Waals surface area contributed by atoms with Crippen molar-refractivity contribution in [1.29, 1.82) is 0 Å². The van der Waals surface area contributed by atoms with E-state index in [0.29, 0.717) is 5.69 Å². The molecule has 0 radical (unpaired) electrons. The van der Waals surface area contributed by atoms with E-state index >= 15 is 0 Å². The first kappa shape index (κ1) is 9.33. The molecule has 0 amide bonds. The molecule has 2 rings (SSSR count). The summed E-state index contributed by atoms with van der Waals surface area (Å²) in [5, 5.41) is 0.207. The Balaban J connectivity index is 2.92. The van der Waals surface area contributed by atoms with Gasteiger partial charge in [0.05, 0.1) is 21.9 Å². The fourth-order valence-corrected chi connectivity index (χ4v) is 1.52. The standard InChI is InChI=1S/C9H5BrF2N2/c10-8-6(11)2-7-5(9(8)12)1-4(13)3-14-7/h1-3H,13H2. The molecule has 0 atom stereocenters. The van der Waals surface area contributed by atoms with E-state index in [1.807, 2.05) is 0 Å². The topological polar surface area (TPSA) is 38.9 Å². The fraction of sp³-hybridized carbons (Fsp3) is 0. The molecule has 0 fully saturated rings. The third-order valence-electron chi connectivity index (χ3n) is 1.84. The van der Waals surface area contributed by atoms with Crippen LogP contribution in [0, 0.1) is 11.6 Å². The van der Waals surface area contributed by atoms with Crippen molar-refractivity contribution in [1.82, 2.24) is 4.98 Å². The van der Waals surface area contributed by atoms with Gasteiger partial charge in [-0.3, -0.25) is 4.98 Å². The summed E-state index contributed by atoms with van der Waals surface area (Å²) >= 11 is 2.81. The highest BCUT2D eigenvalue weighted by atomic mass is 79.9. The van der Waals surface area contributed by atoms with Crippen molar-refractivity contribution < 1.29 is 8.78 Å². The minimum Gasteiger partial charge on any atom is -0.397 e. The molecule has 1 aromatic heterocycles. The van der Waals surface area contributed by atoms with E-state index in [1.54, 1.807) is 0 Å². The zero-order valence-electron chi connectivity index (χ0n) is 6.89. The largest absolute Gasteiger partial charge is 0.397 e. The van der Waals surface area contributed by atoms with E-state index in [2.05, 4.69) is 20.9 Å². The number of rotatable bonds is 0. The number of aromatic nitrogens is 1. The minimum absolute atomic E-state index is 0.197. The predicted octanol–water partition coefficient (Wildman–Crippen LogP) is 2.86. The number of nitrogen functional groups attached to an aromatic ring is 1. The number of pyridine rings is 1. The van der Waals surface area contributed by atoms with E-state index in [4.69, 9.17) is 5.73 Å². The lowest BCUT2D eigenvalue weighted by atomic mass is 10.2. The second-order valence-corrected chi connectivity index (χ2v) is 3.61. The highest BCUT2D eigenvalue weighted by Gasteiger charge is 2.11. The molecular weight excluding hydrogens is 254 g/mol. The van der Waals surface area contributed by atoms with Gasteiger partial charge in [0, 0.05) is 11.5 Å². The zero-order chi connectivity index (χ0) is 10.3. The second-order valence-electron chi connectivity index (χ2n) is 2.82. The summed E-state index contributed by atoms with van der Waals surface area (Å²) in [6, 6.07) is 2.57. The Morgan fingerprint density at radius 1 is 1.29 bits per heavy atom. The Bertz CT molecular complexity index is 514. The number of hydrogen-bond acceptors (Lipinski definition) is 2. The Morgan fingerprint density at radius 2 is 2.00 bits per heavy atom. The number of halogens is 3. The van der Waals surface area contributed by atoms with Gasteiger partial charge in [-0.15, -0.1) is 0 Å². The number of nitrogens with two attached hydrogens (primary N) is 1. The van der Waals surface area contributed by atoms with Crippen LogP contribution in [-0.4, -0.2) is 4.98 Å². The van der Waals surface area contributed by atoms with Crippen LogP contribution in [0.4, 0.5) is 14.5 Å². The van der Waals surface area contributed by atoms with Gasteiger partial charge in [-0.2, -0.15) is 0 Å². The smallest absolute Gasteiger partial charge is 0.149 e. The molecule has 0 aliphatic rings. The molecule has 0 bridgehead atoms. The summed E-state index contributed by atoms with van der Waals surface area (Å²) in [5.41, 5.74) is 6.03. The zero-order valence-corrected chi connectivity index (χ0v) is 8.48. The predicted molar refractivity (Wildman–Crippen MR) is 53.8 cm³/mol. The minimum atomic E-state index is -0.681. The van der Waals surface area contributed by atoms with Crippen LogP contribution in [0.3, 0.4) is 0 Å². The highest BCUT2D eigenvalue weighted by Crippen LogP contribution is 2.27. The van der Waals surface area contributed by atoms with Crippen LogP contribution < -0.4 is 5.73 Å². The van der Waals surface area contributed by atoms with Gasteiger partial charge in [0.2, 0.25) is 0 Å². The van der Waals surface area contributed by atoms with E-state index < -0.39 is 11.6 Å². The van der Waals surface area contributed by atoms with E-state index in [0.717, 1.165) is 6.07 Å². The molecule has 5 heteroatoms. The summed E-state index contributed by atoms with van der Waals surface area (Å²) in [7, 11) is 0.